The molecule has 0 saturated heterocycles. The lowest BCUT2D eigenvalue weighted by Crippen LogP contribution is -2.23. The highest BCUT2D eigenvalue weighted by Gasteiger charge is 2.12. The summed E-state index contributed by atoms with van der Waals surface area (Å²) in [5, 5.41) is 8.96. The van der Waals surface area contributed by atoms with Crippen LogP contribution in [0.5, 0.6) is 0 Å². The zero-order valence-corrected chi connectivity index (χ0v) is 16.2. The van der Waals surface area contributed by atoms with Crippen LogP contribution in [0.3, 0.4) is 0 Å². The zero-order valence-electron chi connectivity index (χ0n) is 16.2. The molecular formula is C23H24N4O. The molecule has 0 aliphatic carbocycles. The molecule has 0 unspecified atom stereocenters. The van der Waals surface area contributed by atoms with E-state index in [9.17, 15) is 4.79 Å². The summed E-state index contributed by atoms with van der Waals surface area (Å²) in [6.07, 6.45) is 0.936. The summed E-state index contributed by atoms with van der Waals surface area (Å²) in [6, 6.07) is 20.3. The van der Waals surface area contributed by atoms with Crippen molar-refractivity contribution in [1.29, 1.82) is 0 Å². The van der Waals surface area contributed by atoms with Gasteiger partial charge >= 0.3 is 0 Å². The van der Waals surface area contributed by atoms with Crippen molar-refractivity contribution in [2.45, 2.75) is 26.8 Å². The zero-order chi connectivity index (χ0) is 19.5. The summed E-state index contributed by atoms with van der Waals surface area (Å²) in [5.74, 6) is 0. The monoisotopic (exact) mass is 372 g/mol. The fourth-order valence-corrected chi connectivity index (χ4v) is 3.36. The quantitative estimate of drug-likeness (QED) is 0.508. The van der Waals surface area contributed by atoms with Gasteiger partial charge in [-0.3, -0.25) is 4.79 Å². The van der Waals surface area contributed by atoms with E-state index in [0.717, 1.165) is 40.9 Å². The SMILES string of the molecule is Cc1ccc(CCNCc2cc3c(C)nn(-c4ccccc4)c3[nH]c2=O)cc1. The Balaban J connectivity index is 1.51. The number of hydrogen-bond donors (Lipinski definition) is 2. The Morgan fingerprint density at radius 3 is 2.54 bits per heavy atom. The van der Waals surface area contributed by atoms with Crippen LogP contribution in [-0.4, -0.2) is 21.3 Å². The third-order valence-corrected chi connectivity index (χ3v) is 4.98. The summed E-state index contributed by atoms with van der Waals surface area (Å²) in [7, 11) is 0. The normalized spacial score (nSPS) is 11.2. The first-order valence-corrected chi connectivity index (χ1v) is 9.55. The first-order valence-electron chi connectivity index (χ1n) is 9.55. The van der Waals surface area contributed by atoms with Crippen LogP contribution in [0.15, 0.2) is 65.5 Å². The molecule has 0 aliphatic rings. The fraction of sp³-hybridized carbons (Fsp3) is 0.217. The number of H-pyrrole nitrogens is 1. The molecule has 142 valence electrons. The Morgan fingerprint density at radius 2 is 1.79 bits per heavy atom. The number of pyridine rings is 1. The number of aromatic nitrogens is 3. The van der Waals surface area contributed by atoms with E-state index < -0.39 is 0 Å². The van der Waals surface area contributed by atoms with E-state index >= 15 is 0 Å². The average molecular weight is 372 g/mol. The van der Waals surface area contributed by atoms with E-state index in [4.69, 9.17) is 0 Å². The van der Waals surface area contributed by atoms with Gasteiger partial charge in [0.25, 0.3) is 5.56 Å². The number of hydrogen-bond acceptors (Lipinski definition) is 3. The fourth-order valence-electron chi connectivity index (χ4n) is 3.36. The third kappa shape index (κ3) is 3.75. The summed E-state index contributed by atoms with van der Waals surface area (Å²) in [5.41, 5.74) is 5.78. The van der Waals surface area contributed by atoms with Crippen molar-refractivity contribution in [1.82, 2.24) is 20.1 Å². The van der Waals surface area contributed by atoms with Crippen LogP contribution in [0.1, 0.15) is 22.4 Å². The summed E-state index contributed by atoms with van der Waals surface area (Å²) in [6.45, 7) is 5.41. The molecule has 0 radical (unpaired) electrons. The highest BCUT2D eigenvalue weighted by atomic mass is 16.1. The van der Waals surface area contributed by atoms with E-state index in [0.29, 0.717) is 6.54 Å². The average Bonchev–Trinajstić information content (AvgIpc) is 3.03. The van der Waals surface area contributed by atoms with E-state index in [1.165, 1.54) is 11.1 Å². The number of nitrogens with zero attached hydrogens (tertiary/aromatic N) is 2. The van der Waals surface area contributed by atoms with Gasteiger partial charge in [0.15, 0.2) is 0 Å². The lowest BCUT2D eigenvalue weighted by Gasteiger charge is -2.06. The van der Waals surface area contributed by atoms with Gasteiger partial charge in [-0.15, -0.1) is 0 Å². The maximum Gasteiger partial charge on any atom is 0.254 e. The summed E-state index contributed by atoms with van der Waals surface area (Å²) >= 11 is 0. The number of benzene rings is 2. The molecule has 0 atom stereocenters. The van der Waals surface area contributed by atoms with Crippen molar-refractivity contribution in [2.75, 3.05) is 6.54 Å². The second kappa shape index (κ2) is 7.82. The number of nitrogens with one attached hydrogen (secondary N) is 2. The Kier molecular flexibility index (Phi) is 5.08. The van der Waals surface area contributed by atoms with Crippen LogP contribution in [0.25, 0.3) is 16.7 Å². The van der Waals surface area contributed by atoms with Crippen molar-refractivity contribution in [3.05, 3.63) is 93.4 Å². The number of aryl methyl sites for hydroxylation is 2. The Labute approximate surface area is 164 Å². The van der Waals surface area contributed by atoms with Gasteiger partial charge < -0.3 is 10.3 Å². The molecule has 2 aromatic heterocycles. The van der Waals surface area contributed by atoms with E-state index in [1.54, 1.807) is 4.68 Å². The molecule has 5 heteroatoms. The maximum absolute atomic E-state index is 12.6. The molecular weight excluding hydrogens is 348 g/mol. The van der Waals surface area contributed by atoms with Crippen molar-refractivity contribution in [3.63, 3.8) is 0 Å². The van der Waals surface area contributed by atoms with Gasteiger partial charge in [-0.1, -0.05) is 48.0 Å². The minimum Gasteiger partial charge on any atom is -0.312 e. The molecule has 5 nitrogen and oxygen atoms in total. The van der Waals surface area contributed by atoms with Gasteiger partial charge in [-0.25, -0.2) is 4.68 Å². The number of para-hydroxylation sites is 1. The van der Waals surface area contributed by atoms with Crippen LogP contribution in [0, 0.1) is 13.8 Å². The van der Waals surface area contributed by atoms with E-state index in [2.05, 4.69) is 46.6 Å². The largest absolute Gasteiger partial charge is 0.312 e. The van der Waals surface area contributed by atoms with Crippen LogP contribution < -0.4 is 10.9 Å². The second-order valence-corrected chi connectivity index (χ2v) is 7.13. The minimum atomic E-state index is -0.0765. The van der Waals surface area contributed by atoms with Crippen LogP contribution >= 0.6 is 0 Å². The molecule has 0 amide bonds. The third-order valence-electron chi connectivity index (χ3n) is 4.98. The molecule has 2 heterocycles. The van der Waals surface area contributed by atoms with Gasteiger partial charge in [0.2, 0.25) is 0 Å². The highest BCUT2D eigenvalue weighted by Crippen LogP contribution is 2.19. The first kappa shape index (κ1) is 18.2. The van der Waals surface area contributed by atoms with E-state index in [1.807, 2.05) is 43.3 Å². The Bertz CT molecular complexity index is 1140. The molecule has 2 aromatic carbocycles. The Hall–Kier alpha value is -3.18. The predicted octanol–water partition coefficient (Wildman–Crippen LogP) is 3.66. The van der Waals surface area contributed by atoms with Crippen LogP contribution in [0.2, 0.25) is 0 Å². The second-order valence-electron chi connectivity index (χ2n) is 7.13. The molecule has 4 aromatic rings. The van der Waals surface area contributed by atoms with Crippen molar-refractivity contribution < 1.29 is 0 Å². The molecule has 4 rings (SSSR count). The molecule has 2 N–H and O–H groups in total. The minimum absolute atomic E-state index is 0.0765. The maximum atomic E-state index is 12.6. The highest BCUT2D eigenvalue weighted by molar-refractivity contribution is 5.80. The number of fused-ring (bicyclic) bond motifs is 1. The van der Waals surface area contributed by atoms with Crippen LogP contribution in [-0.2, 0) is 13.0 Å². The topological polar surface area (TPSA) is 62.7 Å². The molecule has 0 fully saturated rings. The summed E-state index contributed by atoms with van der Waals surface area (Å²) in [4.78, 5) is 15.6. The molecule has 0 saturated carbocycles. The lowest BCUT2D eigenvalue weighted by atomic mass is 10.1. The Morgan fingerprint density at radius 1 is 1.04 bits per heavy atom. The lowest BCUT2D eigenvalue weighted by molar-refractivity contribution is 0.682. The van der Waals surface area contributed by atoms with Gasteiger partial charge in [0.05, 0.1) is 11.4 Å². The smallest absolute Gasteiger partial charge is 0.254 e. The van der Waals surface area contributed by atoms with Gasteiger partial charge in [0, 0.05) is 17.5 Å². The molecule has 0 spiro atoms. The van der Waals surface area contributed by atoms with Crippen LogP contribution in [0.4, 0.5) is 0 Å². The molecule has 0 bridgehead atoms. The van der Waals surface area contributed by atoms with Gasteiger partial charge in [-0.2, -0.15) is 5.10 Å². The molecule has 28 heavy (non-hydrogen) atoms. The van der Waals surface area contributed by atoms with Gasteiger partial charge in [-0.05, 0) is 50.6 Å². The van der Waals surface area contributed by atoms with Gasteiger partial charge in [0.1, 0.15) is 5.65 Å². The molecule has 0 aliphatic heterocycles. The predicted molar refractivity (Wildman–Crippen MR) is 113 cm³/mol. The van der Waals surface area contributed by atoms with E-state index in [-0.39, 0.29) is 5.56 Å². The number of aromatic amines is 1. The number of rotatable bonds is 6. The van der Waals surface area contributed by atoms with Crippen molar-refractivity contribution in [3.8, 4) is 5.69 Å². The summed E-state index contributed by atoms with van der Waals surface area (Å²) < 4.78 is 1.79. The standard InChI is InChI=1S/C23H24N4O/c1-16-8-10-18(11-9-16)12-13-24-15-19-14-21-17(2)26-27(22(21)25-23(19)28)20-6-4-3-5-7-20/h3-11,14,24H,12-13,15H2,1-2H3,(H,25,28). The van der Waals surface area contributed by atoms with Crippen molar-refractivity contribution in [2.24, 2.45) is 0 Å². The first-order chi connectivity index (χ1) is 13.6. The van der Waals surface area contributed by atoms with Crippen molar-refractivity contribution >= 4 is 11.0 Å².